The van der Waals surface area contributed by atoms with Gasteiger partial charge in [0.25, 0.3) is 0 Å². The Labute approximate surface area is 171 Å². The molecule has 0 saturated carbocycles. The lowest BCUT2D eigenvalue weighted by molar-refractivity contribution is -0.0167. The lowest BCUT2D eigenvalue weighted by atomic mass is 9.81. The number of carboxylic acid groups (broad SMARTS) is 1. The highest BCUT2D eigenvalue weighted by Crippen LogP contribution is 2.32. The molecule has 0 radical (unpaired) electrons. The summed E-state index contributed by atoms with van der Waals surface area (Å²) in [5.74, 6) is -0.950. The summed E-state index contributed by atoms with van der Waals surface area (Å²) in [6.07, 6.45) is 2.87. The number of aliphatic hydroxyl groups is 1. The standard InChI is InChI=1S/C23H27N3O3/c1-26(20-9-7-19(8-10-20)22(27)28)21(23(29)12-14-25-15-13-23)11-6-17-2-4-18(16-24)5-3-17/h2-5,7-10,21,25,29H,6,11-15H2,1H3,(H,27,28). The summed E-state index contributed by atoms with van der Waals surface area (Å²) in [7, 11) is 1.96. The Kier molecular flexibility index (Phi) is 6.53. The highest BCUT2D eigenvalue weighted by molar-refractivity contribution is 5.88. The number of nitriles is 1. The van der Waals surface area contributed by atoms with Crippen LogP contribution >= 0.6 is 0 Å². The zero-order valence-electron chi connectivity index (χ0n) is 16.6. The lowest BCUT2D eigenvalue weighted by Gasteiger charge is -2.45. The summed E-state index contributed by atoms with van der Waals surface area (Å²) in [6, 6.07) is 16.4. The SMILES string of the molecule is CN(c1ccc(C(=O)O)cc1)C(CCc1ccc(C#N)cc1)C1(O)CCNCC1. The number of benzene rings is 2. The van der Waals surface area contributed by atoms with E-state index < -0.39 is 11.6 Å². The molecule has 6 heteroatoms. The molecule has 1 atom stereocenters. The monoisotopic (exact) mass is 393 g/mol. The zero-order chi connectivity index (χ0) is 20.9. The Bertz CT molecular complexity index is 866. The van der Waals surface area contributed by atoms with Crippen LogP contribution in [0.3, 0.4) is 0 Å². The summed E-state index contributed by atoms with van der Waals surface area (Å²) in [5.41, 5.74) is 2.07. The highest BCUT2D eigenvalue weighted by Gasteiger charge is 2.40. The predicted octanol–water partition coefficient (Wildman–Crippen LogP) is 2.81. The van der Waals surface area contributed by atoms with Crippen molar-refractivity contribution in [1.29, 1.82) is 5.26 Å². The Morgan fingerprint density at radius 1 is 1.17 bits per heavy atom. The molecule has 3 N–H and O–H groups in total. The zero-order valence-corrected chi connectivity index (χ0v) is 16.6. The molecule has 2 aromatic rings. The van der Waals surface area contributed by atoms with Crippen molar-refractivity contribution in [2.45, 2.75) is 37.3 Å². The van der Waals surface area contributed by atoms with Crippen LogP contribution in [-0.4, -0.2) is 48.0 Å². The van der Waals surface area contributed by atoms with E-state index in [1.54, 1.807) is 24.3 Å². The first-order valence-corrected chi connectivity index (χ1v) is 9.91. The molecular weight excluding hydrogens is 366 g/mol. The number of hydrogen-bond acceptors (Lipinski definition) is 5. The average molecular weight is 393 g/mol. The molecular formula is C23H27N3O3. The molecule has 0 aromatic heterocycles. The van der Waals surface area contributed by atoms with Gasteiger partial charge in [0.2, 0.25) is 0 Å². The minimum atomic E-state index is -0.950. The van der Waals surface area contributed by atoms with Crippen LogP contribution < -0.4 is 10.2 Å². The van der Waals surface area contributed by atoms with Gasteiger partial charge in [-0.2, -0.15) is 5.26 Å². The number of rotatable bonds is 7. The molecule has 0 amide bonds. The van der Waals surface area contributed by atoms with Crippen molar-refractivity contribution >= 4 is 11.7 Å². The van der Waals surface area contributed by atoms with Crippen molar-refractivity contribution in [3.05, 3.63) is 65.2 Å². The molecule has 3 rings (SSSR count). The predicted molar refractivity (Wildman–Crippen MR) is 112 cm³/mol. The molecule has 0 spiro atoms. The van der Waals surface area contributed by atoms with Gasteiger partial charge in [-0.1, -0.05) is 12.1 Å². The number of anilines is 1. The fraction of sp³-hybridized carbons (Fsp3) is 0.391. The number of piperidine rings is 1. The van der Waals surface area contributed by atoms with Crippen LogP contribution in [0.25, 0.3) is 0 Å². The van der Waals surface area contributed by atoms with E-state index in [9.17, 15) is 9.90 Å². The Morgan fingerprint density at radius 2 is 1.79 bits per heavy atom. The number of nitrogens with one attached hydrogen (secondary N) is 1. The van der Waals surface area contributed by atoms with Crippen LogP contribution in [0.2, 0.25) is 0 Å². The van der Waals surface area contributed by atoms with Gasteiger partial charge in [0, 0.05) is 12.7 Å². The number of carbonyl (C=O) groups is 1. The third kappa shape index (κ3) is 4.94. The number of hydrogen-bond donors (Lipinski definition) is 3. The minimum Gasteiger partial charge on any atom is -0.478 e. The number of likely N-dealkylation sites (N-methyl/N-ethyl adjacent to an activating group) is 1. The number of aryl methyl sites for hydroxylation is 1. The molecule has 152 valence electrons. The maximum Gasteiger partial charge on any atom is 0.335 e. The van der Waals surface area contributed by atoms with Gasteiger partial charge in [0.05, 0.1) is 28.8 Å². The average Bonchev–Trinajstić information content (AvgIpc) is 2.74. The van der Waals surface area contributed by atoms with E-state index in [0.29, 0.717) is 18.4 Å². The first-order chi connectivity index (χ1) is 13.9. The van der Waals surface area contributed by atoms with E-state index in [1.807, 2.05) is 31.3 Å². The van der Waals surface area contributed by atoms with Gasteiger partial charge in [-0.3, -0.25) is 0 Å². The third-order valence-electron chi connectivity index (χ3n) is 5.87. The Morgan fingerprint density at radius 3 is 2.34 bits per heavy atom. The summed E-state index contributed by atoms with van der Waals surface area (Å²) >= 11 is 0. The van der Waals surface area contributed by atoms with Crippen molar-refractivity contribution in [2.75, 3.05) is 25.0 Å². The first-order valence-electron chi connectivity index (χ1n) is 9.91. The van der Waals surface area contributed by atoms with Crippen molar-refractivity contribution in [1.82, 2.24) is 5.32 Å². The molecule has 2 aromatic carbocycles. The van der Waals surface area contributed by atoms with Crippen LogP contribution in [0.1, 0.15) is 40.7 Å². The van der Waals surface area contributed by atoms with Gasteiger partial charge < -0.3 is 20.4 Å². The van der Waals surface area contributed by atoms with Crippen molar-refractivity contribution in [2.24, 2.45) is 0 Å². The molecule has 1 aliphatic rings. The normalized spacial score (nSPS) is 16.6. The van der Waals surface area contributed by atoms with Gasteiger partial charge in [-0.15, -0.1) is 0 Å². The maximum atomic E-state index is 11.4. The van der Waals surface area contributed by atoms with Crippen molar-refractivity contribution in [3.8, 4) is 6.07 Å². The van der Waals surface area contributed by atoms with Crippen LogP contribution in [0, 0.1) is 11.3 Å². The van der Waals surface area contributed by atoms with E-state index in [-0.39, 0.29) is 11.6 Å². The summed E-state index contributed by atoms with van der Waals surface area (Å²) in [6.45, 7) is 1.55. The van der Waals surface area contributed by atoms with Gasteiger partial charge >= 0.3 is 5.97 Å². The van der Waals surface area contributed by atoms with Gasteiger partial charge in [-0.25, -0.2) is 4.79 Å². The molecule has 29 heavy (non-hydrogen) atoms. The van der Waals surface area contributed by atoms with E-state index in [1.165, 1.54) is 0 Å². The fourth-order valence-electron chi connectivity index (χ4n) is 4.08. The van der Waals surface area contributed by atoms with Crippen molar-refractivity contribution in [3.63, 3.8) is 0 Å². The lowest BCUT2D eigenvalue weighted by Crippen LogP contribution is -2.56. The fourth-order valence-corrected chi connectivity index (χ4v) is 4.08. The second-order valence-electron chi connectivity index (χ2n) is 7.68. The van der Waals surface area contributed by atoms with Crippen LogP contribution in [0.5, 0.6) is 0 Å². The summed E-state index contributed by atoms with van der Waals surface area (Å²) in [4.78, 5) is 13.2. The molecule has 1 saturated heterocycles. The second kappa shape index (κ2) is 9.08. The van der Waals surface area contributed by atoms with Gasteiger partial charge in [-0.05, 0) is 80.7 Å². The molecule has 1 unspecified atom stereocenters. The summed E-state index contributed by atoms with van der Waals surface area (Å²) < 4.78 is 0. The van der Waals surface area contributed by atoms with Gasteiger partial charge in [0.15, 0.2) is 0 Å². The van der Waals surface area contributed by atoms with Crippen LogP contribution in [-0.2, 0) is 6.42 Å². The number of aromatic carboxylic acids is 1. The highest BCUT2D eigenvalue weighted by atomic mass is 16.4. The van der Waals surface area contributed by atoms with E-state index >= 15 is 0 Å². The maximum absolute atomic E-state index is 11.4. The van der Waals surface area contributed by atoms with Crippen molar-refractivity contribution < 1.29 is 15.0 Å². The first kappa shape index (κ1) is 20.8. The molecule has 1 heterocycles. The molecule has 6 nitrogen and oxygen atoms in total. The molecule has 1 aliphatic heterocycles. The smallest absolute Gasteiger partial charge is 0.335 e. The van der Waals surface area contributed by atoms with Crippen LogP contribution in [0.4, 0.5) is 5.69 Å². The third-order valence-corrected chi connectivity index (χ3v) is 5.87. The molecule has 0 aliphatic carbocycles. The van der Waals surface area contributed by atoms with E-state index in [0.717, 1.165) is 37.2 Å². The molecule has 1 fully saturated rings. The van der Waals surface area contributed by atoms with Gasteiger partial charge in [0.1, 0.15) is 0 Å². The summed E-state index contributed by atoms with van der Waals surface area (Å²) in [5, 5.41) is 32.9. The molecule has 0 bridgehead atoms. The Hall–Kier alpha value is -2.88. The van der Waals surface area contributed by atoms with E-state index in [2.05, 4.69) is 16.3 Å². The Balaban J connectivity index is 1.81. The topological polar surface area (TPSA) is 96.6 Å². The quantitative estimate of drug-likeness (QED) is 0.669. The number of nitrogens with zero attached hydrogens (tertiary/aromatic N) is 2. The second-order valence-corrected chi connectivity index (χ2v) is 7.68. The van der Waals surface area contributed by atoms with E-state index in [4.69, 9.17) is 10.4 Å². The number of carboxylic acids is 1. The van der Waals surface area contributed by atoms with Crippen LogP contribution in [0.15, 0.2) is 48.5 Å². The largest absolute Gasteiger partial charge is 0.478 e. The minimum absolute atomic E-state index is 0.115.